The zero-order chi connectivity index (χ0) is 25.1. The lowest BCUT2D eigenvalue weighted by atomic mass is 10.2. The molecule has 0 amide bonds. The minimum Gasteiger partial charge on any atom is -0.310 e. The van der Waals surface area contributed by atoms with Gasteiger partial charge in [-0.2, -0.15) is 26.3 Å². The van der Waals surface area contributed by atoms with E-state index >= 15 is 0 Å². The van der Waals surface area contributed by atoms with Gasteiger partial charge in [0.1, 0.15) is 17.5 Å². The predicted molar refractivity (Wildman–Crippen MR) is 104 cm³/mol. The highest BCUT2D eigenvalue weighted by atomic mass is 32.2. The van der Waals surface area contributed by atoms with Gasteiger partial charge in [-0.05, 0) is 18.2 Å². The van der Waals surface area contributed by atoms with Crippen molar-refractivity contribution >= 4 is 21.0 Å². The van der Waals surface area contributed by atoms with Crippen LogP contribution in [-0.2, 0) is 29.2 Å². The van der Waals surface area contributed by atoms with Gasteiger partial charge in [0.2, 0.25) is 0 Å². The van der Waals surface area contributed by atoms with Crippen molar-refractivity contribution in [2.45, 2.75) is 24.2 Å². The van der Waals surface area contributed by atoms with Crippen molar-refractivity contribution in [2.75, 3.05) is 5.75 Å². The number of fused-ring (bicyclic) bond motifs is 1. The number of imidazole rings is 1. The summed E-state index contributed by atoms with van der Waals surface area (Å²) >= 11 is 0. The van der Waals surface area contributed by atoms with Crippen LogP contribution in [0, 0.1) is 0 Å². The average molecular weight is 505 g/mol. The largest absolute Gasteiger partial charge is 0.453 e. The summed E-state index contributed by atoms with van der Waals surface area (Å²) in [5.41, 5.74) is -1.53. The van der Waals surface area contributed by atoms with E-state index < -0.39 is 33.6 Å². The molecule has 0 bridgehead atoms. The standard InChI is InChI=1S/C18H13F6N7O2S/c1-3-34(32,33)11-4-5-12(31-8-26-16(29-31)18(22,23)24)28-13(11)15-27-10-6-9(17(19,20)21)7-25-14(10)30(15)2/h4-8H,3H2,1-2H3. The molecule has 0 saturated carbocycles. The van der Waals surface area contributed by atoms with E-state index in [-0.39, 0.29) is 39.1 Å². The Balaban J connectivity index is 1.95. The molecule has 0 N–H and O–H groups in total. The number of sulfone groups is 1. The topological polar surface area (TPSA) is 108 Å². The second kappa shape index (κ2) is 7.75. The van der Waals surface area contributed by atoms with E-state index in [1.807, 2.05) is 0 Å². The summed E-state index contributed by atoms with van der Waals surface area (Å²) < 4.78 is 105. The normalized spacial score (nSPS) is 13.1. The van der Waals surface area contributed by atoms with E-state index in [0.29, 0.717) is 10.9 Å². The number of nitrogens with zero attached hydrogens (tertiary/aromatic N) is 7. The van der Waals surface area contributed by atoms with Crippen molar-refractivity contribution in [2.24, 2.45) is 7.05 Å². The molecule has 180 valence electrons. The van der Waals surface area contributed by atoms with Crippen molar-refractivity contribution in [1.82, 2.24) is 34.3 Å². The maximum absolute atomic E-state index is 13.1. The van der Waals surface area contributed by atoms with Crippen LogP contribution in [0.4, 0.5) is 26.3 Å². The third-order valence-electron chi connectivity index (χ3n) is 4.79. The van der Waals surface area contributed by atoms with Gasteiger partial charge in [-0.25, -0.2) is 33.0 Å². The maximum atomic E-state index is 13.1. The highest BCUT2D eigenvalue weighted by molar-refractivity contribution is 7.91. The fourth-order valence-corrected chi connectivity index (χ4v) is 4.09. The minimum absolute atomic E-state index is 0.00941. The molecule has 0 aromatic carbocycles. The first-order chi connectivity index (χ1) is 15.7. The Kier molecular flexibility index (Phi) is 5.38. The first-order valence-electron chi connectivity index (χ1n) is 9.35. The lowest BCUT2D eigenvalue weighted by Crippen LogP contribution is -2.12. The Morgan fingerprint density at radius 2 is 1.71 bits per heavy atom. The Labute approximate surface area is 187 Å². The summed E-state index contributed by atoms with van der Waals surface area (Å²) in [6, 6.07) is 2.99. The summed E-state index contributed by atoms with van der Waals surface area (Å²) in [6.07, 6.45) is -8.15. The van der Waals surface area contributed by atoms with E-state index in [2.05, 4.69) is 25.0 Å². The van der Waals surface area contributed by atoms with Crippen molar-refractivity contribution in [3.63, 3.8) is 0 Å². The van der Waals surface area contributed by atoms with Gasteiger partial charge in [-0.3, -0.25) is 0 Å². The fraction of sp³-hybridized carbons (Fsp3) is 0.278. The van der Waals surface area contributed by atoms with E-state index in [1.165, 1.54) is 18.5 Å². The molecule has 0 aliphatic heterocycles. The maximum Gasteiger partial charge on any atom is 0.453 e. The molecule has 0 spiro atoms. The molecular weight excluding hydrogens is 492 g/mol. The van der Waals surface area contributed by atoms with Gasteiger partial charge in [0.25, 0.3) is 5.82 Å². The van der Waals surface area contributed by atoms with Crippen molar-refractivity contribution in [3.8, 4) is 17.3 Å². The van der Waals surface area contributed by atoms with E-state index in [4.69, 9.17) is 0 Å². The average Bonchev–Trinajstić information content (AvgIpc) is 3.38. The first-order valence-corrected chi connectivity index (χ1v) is 11.0. The van der Waals surface area contributed by atoms with Gasteiger partial charge in [0.05, 0.1) is 16.2 Å². The number of alkyl halides is 6. The number of hydrogen-bond donors (Lipinski definition) is 0. The van der Waals surface area contributed by atoms with E-state index in [0.717, 1.165) is 24.5 Å². The lowest BCUT2D eigenvalue weighted by molar-refractivity contribution is -0.144. The molecule has 0 atom stereocenters. The Hall–Kier alpha value is -3.56. The molecular formula is C18H13F6N7O2S. The zero-order valence-corrected chi connectivity index (χ0v) is 18.0. The van der Waals surface area contributed by atoms with Gasteiger partial charge < -0.3 is 4.57 Å². The van der Waals surface area contributed by atoms with Gasteiger partial charge in [0.15, 0.2) is 27.1 Å². The van der Waals surface area contributed by atoms with Gasteiger partial charge in [0, 0.05) is 13.2 Å². The molecule has 9 nitrogen and oxygen atoms in total. The smallest absolute Gasteiger partial charge is 0.310 e. The number of rotatable bonds is 4. The minimum atomic E-state index is -4.82. The SMILES string of the molecule is CCS(=O)(=O)c1ccc(-n2cnc(C(F)(F)F)n2)nc1-c1nc2cc(C(F)(F)F)cnc2n1C. The second-order valence-corrected chi connectivity index (χ2v) is 9.24. The van der Waals surface area contributed by atoms with Gasteiger partial charge >= 0.3 is 12.4 Å². The summed E-state index contributed by atoms with van der Waals surface area (Å²) in [7, 11) is -2.53. The quantitative estimate of drug-likeness (QED) is 0.391. The molecule has 4 heterocycles. The Morgan fingerprint density at radius 3 is 2.29 bits per heavy atom. The first kappa shape index (κ1) is 23.6. The highest BCUT2D eigenvalue weighted by Gasteiger charge is 2.36. The molecule has 4 rings (SSSR count). The predicted octanol–water partition coefficient (Wildman–Crippen LogP) is 3.44. The molecule has 0 radical (unpaired) electrons. The van der Waals surface area contributed by atoms with Crippen LogP contribution in [0.1, 0.15) is 18.3 Å². The van der Waals surface area contributed by atoms with Crippen molar-refractivity contribution in [3.05, 3.63) is 42.1 Å². The van der Waals surface area contributed by atoms with Crippen molar-refractivity contribution < 1.29 is 34.8 Å². The van der Waals surface area contributed by atoms with Crippen LogP contribution in [0.15, 0.2) is 35.6 Å². The molecule has 0 aliphatic carbocycles. The van der Waals surface area contributed by atoms with Crippen LogP contribution in [-0.4, -0.2) is 48.5 Å². The molecule has 0 fully saturated rings. The van der Waals surface area contributed by atoms with Gasteiger partial charge in [-0.15, -0.1) is 5.10 Å². The Morgan fingerprint density at radius 1 is 1.00 bits per heavy atom. The molecule has 34 heavy (non-hydrogen) atoms. The molecule has 0 unspecified atom stereocenters. The van der Waals surface area contributed by atoms with Crippen LogP contribution in [0.5, 0.6) is 0 Å². The lowest BCUT2D eigenvalue weighted by Gasteiger charge is -2.11. The molecule has 4 aromatic heterocycles. The highest BCUT2D eigenvalue weighted by Crippen LogP contribution is 2.33. The molecule has 16 heteroatoms. The number of aromatic nitrogens is 7. The monoisotopic (exact) mass is 505 g/mol. The van der Waals surface area contributed by atoms with Crippen molar-refractivity contribution in [1.29, 1.82) is 0 Å². The summed E-state index contributed by atoms with van der Waals surface area (Å²) in [5.74, 6) is -2.16. The van der Waals surface area contributed by atoms with E-state index in [1.54, 1.807) is 0 Å². The van der Waals surface area contributed by atoms with Crippen LogP contribution < -0.4 is 0 Å². The molecule has 0 aliphatic rings. The van der Waals surface area contributed by atoms with Gasteiger partial charge in [-0.1, -0.05) is 6.92 Å². The third-order valence-corrected chi connectivity index (χ3v) is 6.55. The number of aryl methyl sites for hydroxylation is 1. The second-order valence-electron chi connectivity index (χ2n) is 6.99. The third kappa shape index (κ3) is 4.08. The summed E-state index contributed by atoms with van der Waals surface area (Å²) in [6.45, 7) is 1.37. The van der Waals surface area contributed by atoms with Crippen LogP contribution >= 0.6 is 0 Å². The summed E-state index contributed by atoms with van der Waals surface area (Å²) in [4.78, 5) is 14.8. The van der Waals surface area contributed by atoms with E-state index in [9.17, 15) is 34.8 Å². The number of hydrogen-bond acceptors (Lipinski definition) is 7. The number of pyridine rings is 2. The Bertz CT molecular complexity index is 1510. The fourth-order valence-electron chi connectivity index (χ4n) is 3.08. The zero-order valence-electron chi connectivity index (χ0n) is 17.2. The van der Waals surface area contributed by atoms with Crippen LogP contribution in [0.3, 0.4) is 0 Å². The van der Waals surface area contributed by atoms with Crippen LogP contribution in [0.25, 0.3) is 28.5 Å². The van der Waals surface area contributed by atoms with Crippen LogP contribution in [0.2, 0.25) is 0 Å². The molecule has 0 saturated heterocycles. The summed E-state index contributed by atoms with van der Waals surface area (Å²) in [5, 5.41) is 3.31. The number of halogens is 6. The molecule has 4 aromatic rings.